The quantitative estimate of drug-likeness (QED) is 0.440. The van der Waals surface area contributed by atoms with Crippen LogP contribution >= 0.6 is 31.9 Å². The maximum Gasteiger partial charge on any atom is 0.140 e. The zero-order chi connectivity index (χ0) is 19.3. The first-order valence-electron chi connectivity index (χ1n) is 7.75. The van der Waals surface area contributed by atoms with Gasteiger partial charge < -0.3 is 4.74 Å². The summed E-state index contributed by atoms with van der Waals surface area (Å²) in [7, 11) is 0. The van der Waals surface area contributed by atoms with Crippen LogP contribution in [-0.4, -0.2) is 0 Å². The molecule has 0 spiro atoms. The van der Waals surface area contributed by atoms with Crippen LogP contribution in [0.5, 0.6) is 5.75 Å². The Balaban J connectivity index is 2.07. The molecule has 3 heteroatoms. The molecule has 2 rings (SSSR count). The predicted octanol–water partition coefficient (Wildman–Crippen LogP) is 5.13. The summed E-state index contributed by atoms with van der Waals surface area (Å²) < 4.78 is 5.36. The van der Waals surface area contributed by atoms with Gasteiger partial charge >= 0.3 is 0 Å². The molecule has 27 heavy (non-hydrogen) atoms. The van der Waals surface area contributed by atoms with Crippen LogP contribution < -0.4 is 4.74 Å². The minimum absolute atomic E-state index is 0.649. The van der Waals surface area contributed by atoms with Crippen LogP contribution in [0.15, 0.2) is 42.5 Å². The van der Waals surface area contributed by atoms with Crippen LogP contribution in [0.4, 0.5) is 0 Å². The minimum Gasteiger partial charge on any atom is -0.407 e. The summed E-state index contributed by atoms with van der Waals surface area (Å²) in [4.78, 5) is 0. The molecular formula is C24H12Br2O. The number of ether oxygens (including phenoxy) is 1. The van der Waals surface area contributed by atoms with Crippen LogP contribution in [-0.2, 0) is 10.7 Å². The van der Waals surface area contributed by atoms with Crippen molar-refractivity contribution in [2.45, 2.75) is 10.7 Å². The number of hydrogen-bond acceptors (Lipinski definition) is 1. The molecule has 0 aliphatic rings. The largest absolute Gasteiger partial charge is 0.407 e. The third-order valence-corrected chi connectivity index (χ3v) is 4.56. The average Bonchev–Trinajstić information content (AvgIpc) is 2.72. The Kier molecular flexibility index (Phi) is 8.72. The van der Waals surface area contributed by atoms with Crippen LogP contribution in [0.2, 0.25) is 0 Å². The molecular weight excluding hydrogens is 464 g/mol. The number of rotatable bonds is 4. The Labute approximate surface area is 177 Å². The van der Waals surface area contributed by atoms with Gasteiger partial charge in [0.2, 0.25) is 0 Å². The molecule has 1 nitrogen and oxygen atoms in total. The molecule has 0 radical (unpaired) electrons. The Bertz CT molecular complexity index is 1090. The maximum absolute atomic E-state index is 5.36. The van der Waals surface area contributed by atoms with Crippen molar-refractivity contribution in [1.82, 2.24) is 0 Å². The van der Waals surface area contributed by atoms with Crippen molar-refractivity contribution in [2.24, 2.45) is 0 Å². The lowest BCUT2D eigenvalue weighted by Gasteiger charge is -2.10. The van der Waals surface area contributed by atoms with Crippen LogP contribution in [0, 0.1) is 59.9 Å². The Hall–Kier alpha value is -3.00. The highest BCUT2D eigenvalue weighted by Gasteiger charge is 2.06. The van der Waals surface area contributed by atoms with Gasteiger partial charge in [-0.25, -0.2) is 0 Å². The third kappa shape index (κ3) is 6.67. The van der Waals surface area contributed by atoms with Crippen molar-refractivity contribution in [3.63, 3.8) is 0 Å². The average molecular weight is 476 g/mol. The van der Waals surface area contributed by atoms with Gasteiger partial charge in [-0.15, -0.1) is 6.42 Å². The lowest BCUT2D eigenvalue weighted by atomic mass is 9.98. The van der Waals surface area contributed by atoms with Crippen molar-refractivity contribution in [2.75, 3.05) is 0 Å². The van der Waals surface area contributed by atoms with Gasteiger partial charge in [0.25, 0.3) is 0 Å². The van der Waals surface area contributed by atoms with Gasteiger partial charge in [0.15, 0.2) is 0 Å². The van der Waals surface area contributed by atoms with Gasteiger partial charge in [0.1, 0.15) is 11.9 Å². The molecule has 0 heterocycles. The fourth-order valence-corrected chi connectivity index (χ4v) is 2.93. The molecule has 0 saturated carbocycles. The highest BCUT2D eigenvalue weighted by molar-refractivity contribution is 9.08. The van der Waals surface area contributed by atoms with E-state index in [4.69, 9.17) is 11.2 Å². The summed E-state index contributed by atoms with van der Waals surface area (Å²) in [5, 5.41) is 1.62. The van der Waals surface area contributed by atoms with Gasteiger partial charge in [-0.2, -0.15) is 0 Å². The second kappa shape index (κ2) is 11.6. The summed E-state index contributed by atoms with van der Waals surface area (Å²) in [6.07, 6.45) is 7.49. The fourth-order valence-electron chi connectivity index (χ4n) is 2.10. The normalized spacial score (nSPS) is 8.19. The summed E-state index contributed by atoms with van der Waals surface area (Å²) in [6.45, 7) is 0. The van der Waals surface area contributed by atoms with Crippen LogP contribution in [0.1, 0.15) is 11.1 Å². The predicted molar refractivity (Wildman–Crippen MR) is 118 cm³/mol. The highest BCUT2D eigenvalue weighted by Crippen LogP contribution is 2.29. The number of alkyl halides is 2. The first-order chi connectivity index (χ1) is 13.3. The third-order valence-electron chi connectivity index (χ3n) is 3.30. The zero-order valence-electron chi connectivity index (χ0n) is 14.2. The molecule has 2 aromatic rings. The molecule has 0 amide bonds. The Morgan fingerprint density at radius 3 is 2.07 bits per heavy atom. The van der Waals surface area contributed by atoms with Crippen LogP contribution in [0.3, 0.4) is 0 Å². The SMILES string of the molecule is C#CC#CC#CC#CC#COc1ccc(-c2cc(CBr)ccc2CBr)cc1. The molecule has 0 aliphatic heterocycles. The van der Waals surface area contributed by atoms with Crippen molar-refractivity contribution < 1.29 is 4.74 Å². The number of halogens is 2. The molecule has 0 unspecified atom stereocenters. The van der Waals surface area contributed by atoms with Gasteiger partial charge in [0.05, 0.1) is 0 Å². The van der Waals surface area contributed by atoms with E-state index in [1.165, 1.54) is 16.7 Å². The molecule has 0 aromatic heterocycles. The molecule has 0 bridgehead atoms. The van der Waals surface area contributed by atoms with Crippen molar-refractivity contribution in [3.8, 4) is 76.8 Å². The number of benzene rings is 2. The smallest absolute Gasteiger partial charge is 0.140 e. The monoisotopic (exact) mass is 474 g/mol. The van der Waals surface area contributed by atoms with Gasteiger partial charge in [-0.1, -0.05) is 62.2 Å². The summed E-state index contributed by atoms with van der Waals surface area (Å²) in [5.41, 5.74) is 4.78. The summed E-state index contributed by atoms with van der Waals surface area (Å²) in [5.74, 6) is 20.3. The van der Waals surface area contributed by atoms with E-state index in [1.807, 2.05) is 24.3 Å². The molecule has 0 N–H and O–H groups in total. The fraction of sp³-hybridized carbons (Fsp3) is 0.0833. The van der Waals surface area contributed by atoms with Crippen molar-refractivity contribution >= 4 is 31.9 Å². The first-order valence-corrected chi connectivity index (χ1v) is 9.99. The lowest BCUT2D eigenvalue weighted by molar-refractivity contribution is 0.520. The van der Waals surface area contributed by atoms with E-state index in [0.29, 0.717) is 5.75 Å². The summed E-state index contributed by atoms with van der Waals surface area (Å²) in [6, 6.07) is 14.2. The van der Waals surface area contributed by atoms with Crippen LogP contribution in [0.25, 0.3) is 11.1 Å². The van der Waals surface area contributed by atoms with E-state index in [-0.39, 0.29) is 0 Å². The van der Waals surface area contributed by atoms with Crippen molar-refractivity contribution in [3.05, 3.63) is 53.6 Å². The molecule has 128 valence electrons. The second-order valence-electron chi connectivity index (χ2n) is 5.01. The molecule has 0 aliphatic carbocycles. The lowest BCUT2D eigenvalue weighted by Crippen LogP contribution is -1.89. The molecule has 0 fully saturated rings. The Morgan fingerprint density at radius 1 is 0.778 bits per heavy atom. The summed E-state index contributed by atoms with van der Waals surface area (Å²) >= 11 is 7.05. The standard InChI is InChI=1S/C24H12Br2O/c1-2-3-4-5-6-7-8-9-16-27-23-14-12-21(13-15-23)24-17-20(18-25)10-11-22(24)19-26/h1,10-15,17H,18-19H2. The number of hydrogen-bond donors (Lipinski definition) is 0. The highest BCUT2D eigenvalue weighted by atomic mass is 79.9. The molecule has 0 saturated heterocycles. The number of terminal acetylenes is 1. The minimum atomic E-state index is 0.649. The topological polar surface area (TPSA) is 9.23 Å². The molecule has 2 aromatic carbocycles. The first kappa shape index (κ1) is 20.3. The van der Waals surface area contributed by atoms with Crippen molar-refractivity contribution in [1.29, 1.82) is 0 Å². The van der Waals surface area contributed by atoms with E-state index in [9.17, 15) is 0 Å². The molecule has 0 atom stereocenters. The maximum atomic E-state index is 5.36. The van der Waals surface area contributed by atoms with E-state index in [1.54, 1.807) is 0 Å². The van der Waals surface area contributed by atoms with E-state index in [0.717, 1.165) is 16.2 Å². The van der Waals surface area contributed by atoms with Gasteiger partial charge in [0, 0.05) is 34.3 Å². The zero-order valence-corrected chi connectivity index (χ0v) is 17.4. The van der Waals surface area contributed by atoms with Gasteiger partial charge in [-0.3, -0.25) is 0 Å². The van der Waals surface area contributed by atoms with Gasteiger partial charge in [-0.05, 0) is 58.1 Å². The van der Waals surface area contributed by atoms with E-state index < -0.39 is 0 Å². The second-order valence-corrected chi connectivity index (χ2v) is 6.13. The Morgan fingerprint density at radius 2 is 1.44 bits per heavy atom. The van der Waals surface area contributed by atoms with E-state index in [2.05, 4.69) is 104 Å². The van der Waals surface area contributed by atoms with E-state index >= 15 is 0 Å².